The molecule has 1 amide bonds. The number of anilines is 1. The molecule has 2 aromatic carbocycles. The molecule has 1 N–H and O–H groups in total. The van der Waals surface area contributed by atoms with Crippen LogP contribution in [0.1, 0.15) is 22.5 Å². The summed E-state index contributed by atoms with van der Waals surface area (Å²) in [6.07, 6.45) is 0.826. The Morgan fingerprint density at radius 2 is 1.78 bits per heavy atom. The van der Waals surface area contributed by atoms with E-state index < -0.39 is 0 Å². The van der Waals surface area contributed by atoms with Gasteiger partial charge in [0.25, 0.3) is 5.91 Å². The Labute approximate surface area is 167 Å². The number of nitrogens with one attached hydrogen (secondary N) is 1. The second-order valence-electron chi connectivity index (χ2n) is 6.44. The summed E-state index contributed by atoms with van der Waals surface area (Å²) in [5.74, 6) is 0.468. The van der Waals surface area contributed by atoms with Crippen LogP contribution in [-0.4, -0.2) is 22.3 Å². The predicted octanol–water partition coefficient (Wildman–Crippen LogP) is 4.41. The number of hydrogen-bond acceptors (Lipinski definition) is 3. The van der Waals surface area contributed by atoms with Gasteiger partial charge in [0, 0.05) is 34.9 Å². The lowest BCUT2D eigenvalue weighted by Crippen LogP contribution is -2.20. The summed E-state index contributed by atoms with van der Waals surface area (Å²) in [7, 11) is 1.96. The number of aryl methyl sites for hydroxylation is 2. The van der Waals surface area contributed by atoms with Crippen molar-refractivity contribution in [3.8, 4) is 5.75 Å². The standard InChI is InChI=1S/C21H22BrN3O2/c1-14-20(15(2)25(3)24-14)12-16-4-8-18(9-5-16)23-21(26)13-27-19-10-6-17(22)7-11-19/h4-11H,12-13H2,1-3H3,(H,23,26). The summed E-state index contributed by atoms with van der Waals surface area (Å²) >= 11 is 3.37. The molecule has 0 aliphatic carbocycles. The molecular weight excluding hydrogens is 406 g/mol. The van der Waals surface area contributed by atoms with Gasteiger partial charge in [-0.05, 0) is 55.8 Å². The van der Waals surface area contributed by atoms with Crippen molar-refractivity contribution in [1.82, 2.24) is 9.78 Å². The Kier molecular flexibility index (Phi) is 5.96. The minimum atomic E-state index is -0.190. The van der Waals surface area contributed by atoms with Crippen LogP contribution in [-0.2, 0) is 18.3 Å². The van der Waals surface area contributed by atoms with E-state index in [0.29, 0.717) is 5.75 Å². The highest BCUT2D eigenvalue weighted by Crippen LogP contribution is 2.19. The quantitative estimate of drug-likeness (QED) is 0.633. The van der Waals surface area contributed by atoms with Gasteiger partial charge in [-0.25, -0.2) is 0 Å². The number of carbonyl (C=O) groups is 1. The molecule has 0 radical (unpaired) electrons. The smallest absolute Gasteiger partial charge is 0.262 e. The van der Waals surface area contributed by atoms with Crippen LogP contribution in [0.3, 0.4) is 0 Å². The third-order valence-corrected chi connectivity index (χ3v) is 4.99. The molecule has 0 saturated carbocycles. The van der Waals surface area contributed by atoms with Gasteiger partial charge in [-0.1, -0.05) is 28.1 Å². The third-order valence-electron chi connectivity index (χ3n) is 4.46. The molecule has 1 aromatic heterocycles. The molecule has 0 unspecified atom stereocenters. The summed E-state index contributed by atoms with van der Waals surface area (Å²) < 4.78 is 8.36. The van der Waals surface area contributed by atoms with Crippen molar-refractivity contribution < 1.29 is 9.53 Å². The van der Waals surface area contributed by atoms with E-state index in [9.17, 15) is 4.79 Å². The third kappa shape index (κ3) is 4.98. The van der Waals surface area contributed by atoms with E-state index in [0.717, 1.165) is 22.3 Å². The van der Waals surface area contributed by atoms with Crippen molar-refractivity contribution in [2.45, 2.75) is 20.3 Å². The van der Waals surface area contributed by atoms with Crippen LogP contribution < -0.4 is 10.1 Å². The fourth-order valence-electron chi connectivity index (χ4n) is 2.86. The first-order valence-corrected chi connectivity index (χ1v) is 9.48. The lowest BCUT2D eigenvalue weighted by atomic mass is 10.0. The van der Waals surface area contributed by atoms with Crippen LogP contribution in [0.15, 0.2) is 53.0 Å². The number of benzene rings is 2. The van der Waals surface area contributed by atoms with E-state index in [4.69, 9.17) is 4.74 Å². The maximum Gasteiger partial charge on any atom is 0.262 e. The number of aromatic nitrogens is 2. The second-order valence-corrected chi connectivity index (χ2v) is 7.35. The van der Waals surface area contributed by atoms with E-state index >= 15 is 0 Å². The van der Waals surface area contributed by atoms with Gasteiger partial charge in [0.05, 0.1) is 5.69 Å². The summed E-state index contributed by atoms with van der Waals surface area (Å²) in [5, 5.41) is 7.31. The average molecular weight is 428 g/mol. The van der Waals surface area contributed by atoms with Gasteiger partial charge >= 0.3 is 0 Å². The molecule has 1 heterocycles. The van der Waals surface area contributed by atoms with Crippen LogP contribution in [0, 0.1) is 13.8 Å². The van der Waals surface area contributed by atoms with E-state index in [1.807, 2.05) is 67.2 Å². The maximum absolute atomic E-state index is 12.1. The molecule has 0 saturated heterocycles. The molecule has 0 fully saturated rings. The van der Waals surface area contributed by atoms with E-state index in [1.54, 1.807) is 0 Å². The molecule has 0 bridgehead atoms. The molecule has 0 spiro atoms. The second kappa shape index (κ2) is 8.39. The number of halogens is 1. The van der Waals surface area contributed by atoms with Gasteiger partial charge in [-0.2, -0.15) is 5.10 Å². The van der Waals surface area contributed by atoms with Crippen molar-refractivity contribution in [1.29, 1.82) is 0 Å². The predicted molar refractivity (Wildman–Crippen MR) is 110 cm³/mol. The van der Waals surface area contributed by atoms with Crippen LogP contribution in [0.5, 0.6) is 5.75 Å². The monoisotopic (exact) mass is 427 g/mol. The Hall–Kier alpha value is -2.60. The molecule has 27 heavy (non-hydrogen) atoms. The number of rotatable bonds is 6. The van der Waals surface area contributed by atoms with E-state index in [-0.39, 0.29) is 12.5 Å². The zero-order valence-corrected chi connectivity index (χ0v) is 17.2. The molecule has 0 aliphatic rings. The normalized spacial score (nSPS) is 10.7. The van der Waals surface area contributed by atoms with Crippen LogP contribution >= 0.6 is 15.9 Å². The maximum atomic E-state index is 12.1. The first-order valence-electron chi connectivity index (χ1n) is 8.68. The Morgan fingerprint density at radius 1 is 1.11 bits per heavy atom. The van der Waals surface area contributed by atoms with Gasteiger partial charge < -0.3 is 10.1 Å². The SMILES string of the molecule is Cc1nn(C)c(C)c1Cc1ccc(NC(=O)COc2ccc(Br)cc2)cc1. The van der Waals surface area contributed by atoms with Crippen LogP contribution in [0.2, 0.25) is 0 Å². The molecule has 6 heteroatoms. The minimum Gasteiger partial charge on any atom is -0.484 e. The summed E-state index contributed by atoms with van der Waals surface area (Å²) in [5.41, 5.74) is 5.41. The van der Waals surface area contributed by atoms with Crippen molar-refractivity contribution in [3.05, 3.63) is 75.5 Å². The fraction of sp³-hybridized carbons (Fsp3) is 0.238. The number of carbonyl (C=O) groups excluding carboxylic acids is 1. The largest absolute Gasteiger partial charge is 0.484 e. The molecule has 0 atom stereocenters. The fourth-order valence-corrected chi connectivity index (χ4v) is 3.12. The van der Waals surface area contributed by atoms with Gasteiger partial charge in [0.1, 0.15) is 5.75 Å². The summed E-state index contributed by atoms with van der Waals surface area (Å²) in [6, 6.07) is 15.2. The van der Waals surface area contributed by atoms with Gasteiger partial charge in [-0.3, -0.25) is 9.48 Å². The van der Waals surface area contributed by atoms with Gasteiger partial charge in [0.2, 0.25) is 0 Å². The lowest BCUT2D eigenvalue weighted by molar-refractivity contribution is -0.118. The molecular formula is C21H22BrN3O2. The van der Waals surface area contributed by atoms with Crippen LogP contribution in [0.4, 0.5) is 5.69 Å². The van der Waals surface area contributed by atoms with E-state index in [2.05, 4.69) is 33.3 Å². The number of ether oxygens (including phenoxy) is 1. The van der Waals surface area contributed by atoms with Crippen molar-refractivity contribution >= 4 is 27.5 Å². The zero-order valence-electron chi connectivity index (χ0n) is 15.6. The average Bonchev–Trinajstić information content (AvgIpc) is 2.89. The molecule has 140 valence electrons. The highest BCUT2D eigenvalue weighted by Gasteiger charge is 2.10. The van der Waals surface area contributed by atoms with Crippen molar-refractivity contribution in [3.63, 3.8) is 0 Å². The topological polar surface area (TPSA) is 56.2 Å². The molecule has 0 aliphatic heterocycles. The Balaban J connectivity index is 1.55. The van der Waals surface area contributed by atoms with Crippen molar-refractivity contribution in [2.75, 3.05) is 11.9 Å². The summed E-state index contributed by atoms with van der Waals surface area (Å²) in [6.45, 7) is 4.08. The molecule has 5 nitrogen and oxygen atoms in total. The van der Waals surface area contributed by atoms with Gasteiger partial charge in [0.15, 0.2) is 6.61 Å². The highest BCUT2D eigenvalue weighted by molar-refractivity contribution is 9.10. The molecule has 3 rings (SSSR count). The number of hydrogen-bond donors (Lipinski definition) is 1. The zero-order chi connectivity index (χ0) is 19.4. The lowest BCUT2D eigenvalue weighted by Gasteiger charge is -2.09. The minimum absolute atomic E-state index is 0.0303. The first kappa shape index (κ1) is 19.2. The molecule has 3 aromatic rings. The first-order chi connectivity index (χ1) is 12.9. The summed E-state index contributed by atoms with van der Waals surface area (Å²) in [4.78, 5) is 12.1. The Bertz CT molecular complexity index is 931. The number of amides is 1. The van der Waals surface area contributed by atoms with E-state index in [1.165, 1.54) is 16.8 Å². The highest BCUT2D eigenvalue weighted by atomic mass is 79.9. The Morgan fingerprint density at radius 3 is 2.37 bits per heavy atom. The van der Waals surface area contributed by atoms with Crippen molar-refractivity contribution in [2.24, 2.45) is 7.05 Å². The van der Waals surface area contributed by atoms with Crippen LogP contribution in [0.25, 0.3) is 0 Å². The van der Waals surface area contributed by atoms with Gasteiger partial charge in [-0.15, -0.1) is 0 Å². The number of nitrogens with zero attached hydrogens (tertiary/aromatic N) is 2.